The van der Waals surface area contributed by atoms with Gasteiger partial charge in [0.15, 0.2) is 0 Å². The number of carbonyl (C=O) groups excluding carboxylic acids is 3. The standard InChI is InChI=1S/C24H31N5O3S/c1-2-3-5-16-7-9-17(10-8-16)23(31)28-14-21(30)29-11-4-6-20(29)24(32)27-13-19-12-18(15-33-19)22(25)26/h7-10,12,15,20H,2-6,11,13-14H2,1H3,(H3,25,26)(H,27,32)(H,28,31)/t20-/m0/s1. The molecule has 0 spiro atoms. The van der Waals surface area contributed by atoms with Gasteiger partial charge in [-0.3, -0.25) is 19.8 Å². The summed E-state index contributed by atoms with van der Waals surface area (Å²) in [7, 11) is 0. The highest BCUT2D eigenvalue weighted by atomic mass is 32.1. The first-order valence-corrected chi connectivity index (χ1v) is 12.1. The maximum Gasteiger partial charge on any atom is 0.251 e. The van der Waals surface area contributed by atoms with Crippen LogP contribution in [0.25, 0.3) is 0 Å². The van der Waals surface area contributed by atoms with E-state index in [9.17, 15) is 14.4 Å². The Hall–Kier alpha value is -3.20. The Bertz CT molecular complexity index is 1000. The van der Waals surface area contributed by atoms with E-state index >= 15 is 0 Å². The van der Waals surface area contributed by atoms with Gasteiger partial charge in [-0.25, -0.2) is 0 Å². The summed E-state index contributed by atoms with van der Waals surface area (Å²) in [5.41, 5.74) is 7.81. The third-order valence-corrected chi connectivity index (χ3v) is 6.65. The van der Waals surface area contributed by atoms with Crippen molar-refractivity contribution in [3.63, 3.8) is 0 Å². The number of amides is 3. The van der Waals surface area contributed by atoms with Crippen LogP contribution in [0.1, 0.15) is 59.0 Å². The Morgan fingerprint density at radius 3 is 2.61 bits per heavy atom. The molecule has 0 bridgehead atoms. The Morgan fingerprint density at radius 2 is 1.94 bits per heavy atom. The fourth-order valence-corrected chi connectivity index (χ4v) is 4.63. The summed E-state index contributed by atoms with van der Waals surface area (Å²) in [6.07, 6.45) is 4.55. The molecule has 3 rings (SSSR count). The number of nitrogens with two attached hydrogens (primary N) is 1. The number of thiophene rings is 1. The van der Waals surface area contributed by atoms with Crippen LogP contribution < -0.4 is 16.4 Å². The minimum absolute atomic E-state index is 0.00845. The molecule has 0 radical (unpaired) electrons. The normalized spacial score (nSPS) is 15.3. The Balaban J connectivity index is 1.48. The van der Waals surface area contributed by atoms with E-state index < -0.39 is 6.04 Å². The van der Waals surface area contributed by atoms with Crippen molar-refractivity contribution in [2.24, 2.45) is 5.73 Å². The Labute approximate surface area is 198 Å². The number of carbonyl (C=O) groups is 3. The molecule has 0 aliphatic carbocycles. The molecular weight excluding hydrogens is 438 g/mol. The van der Waals surface area contributed by atoms with Crippen LogP contribution in [0.2, 0.25) is 0 Å². The van der Waals surface area contributed by atoms with Gasteiger partial charge in [0.1, 0.15) is 11.9 Å². The zero-order valence-corrected chi connectivity index (χ0v) is 19.7. The number of benzene rings is 1. The SMILES string of the molecule is CCCCc1ccc(C(=O)NCC(=O)N2CCC[C@H]2C(=O)NCc2cc(C(=N)N)cs2)cc1. The highest BCUT2D eigenvalue weighted by molar-refractivity contribution is 7.10. The van der Waals surface area contributed by atoms with Crippen molar-refractivity contribution in [2.75, 3.05) is 13.1 Å². The fourth-order valence-electron chi connectivity index (χ4n) is 3.81. The van der Waals surface area contributed by atoms with Gasteiger partial charge in [0.2, 0.25) is 11.8 Å². The van der Waals surface area contributed by atoms with E-state index in [0.717, 1.165) is 30.6 Å². The fraction of sp³-hybridized carbons (Fsp3) is 0.417. The first kappa shape index (κ1) is 24.4. The van der Waals surface area contributed by atoms with E-state index in [-0.39, 0.29) is 30.1 Å². The topological polar surface area (TPSA) is 128 Å². The van der Waals surface area contributed by atoms with Crippen LogP contribution in [0.3, 0.4) is 0 Å². The molecular formula is C24H31N5O3S. The molecule has 5 N–H and O–H groups in total. The average Bonchev–Trinajstić information content (AvgIpc) is 3.50. The molecule has 3 amide bonds. The lowest BCUT2D eigenvalue weighted by Crippen LogP contribution is -2.48. The molecule has 2 heterocycles. The Morgan fingerprint density at radius 1 is 1.18 bits per heavy atom. The molecule has 1 aromatic heterocycles. The smallest absolute Gasteiger partial charge is 0.251 e. The maximum atomic E-state index is 12.7. The highest BCUT2D eigenvalue weighted by Crippen LogP contribution is 2.19. The zero-order valence-electron chi connectivity index (χ0n) is 18.9. The minimum atomic E-state index is -0.542. The summed E-state index contributed by atoms with van der Waals surface area (Å²) in [6.45, 7) is 2.81. The number of aryl methyl sites for hydroxylation is 1. The monoisotopic (exact) mass is 469 g/mol. The van der Waals surface area contributed by atoms with Crippen molar-refractivity contribution in [1.29, 1.82) is 5.41 Å². The van der Waals surface area contributed by atoms with E-state index in [4.69, 9.17) is 11.1 Å². The molecule has 176 valence electrons. The summed E-state index contributed by atoms with van der Waals surface area (Å²) in [5.74, 6) is -0.793. The van der Waals surface area contributed by atoms with Crippen LogP contribution in [-0.2, 0) is 22.6 Å². The summed E-state index contributed by atoms with van der Waals surface area (Å²) in [5, 5.41) is 14.8. The number of nitrogens with one attached hydrogen (secondary N) is 3. The number of hydrogen-bond acceptors (Lipinski definition) is 5. The van der Waals surface area contributed by atoms with Crippen molar-refractivity contribution in [3.8, 4) is 0 Å². The van der Waals surface area contributed by atoms with Gasteiger partial charge in [-0.15, -0.1) is 11.3 Å². The van der Waals surface area contributed by atoms with E-state index in [1.54, 1.807) is 28.5 Å². The van der Waals surface area contributed by atoms with Gasteiger partial charge in [-0.1, -0.05) is 25.5 Å². The second kappa shape index (κ2) is 11.6. The lowest BCUT2D eigenvalue weighted by molar-refractivity contribution is -0.137. The summed E-state index contributed by atoms with van der Waals surface area (Å²) in [6, 6.07) is 8.68. The van der Waals surface area contributed by atoms with Crippen LogP contribution in [0, 0.1) is 5.41 Å². The second-order valence-corrected chi connectivity index (χ2v) is 9.16. The van der Waals surface area contributed by atoms with Gasteiger partial charge < -0.3 is 21.3 Å². The first-order valence-electron chi connectivity index (χ1n) is 11.2. The van der Waals surface area contributed by atoms with Crippen LogP contribution in [0.15, 0.2) is 35.7 Å². The lowest BCUT2D eigenvalue weighted by Gasteiger charge is -2.24. The van der Waals surface area contributed by atoms with Crippen LogP contribution in [0.4, 0.5) is 0 Å². The van der Waals surface area contributed by atoms with Crippen molar-refractivity contribution in [3.05, 3.63) is 57.3 Å². The molecule has 9 heteroatoms. The van der Waals surface area contributed by atoms with Crippen molar-refractivity contribution in [2.45, 2.75) is 51.6 Å². The number of likely N-dealkylation sites (tertiary alicyclic amines) is 1. The molecule has 33 heavy (non-hydrogen) atoms. The summed E-state index contributed by atoms with van der Waals surface area (Å²) >= 11 is 1.42. The molecule has 1 aliphatic rings. The lowest BCUT2D eigenvalue weighted by atomic mass is 10.1. The molecule has 1 aliphatic heterocycles. The van der Waals surface area contributed by atoms with Crippen LogP contribution >= 0.6 is 11.3 Å². The number of amidine groups is 1. The molecule has 1 fully saturated rings. The third-order valence-electron chi connectivity index (χ3n) is 5.71. The van der Waals surface area contributed by atoms with E-state index in [2.05, 4.69) is 17.6 Å². The quantitative estimate of drug-likeness (QED) is 0.315. The number of hydrogen-bond donors (Lipinski definition) is 4. The molecule has 2 aromatic rings. The van der Waals surface area contributed by atoms with E-state index in [1.807, 2.05) is 12.1 Å². The maximum absolute atomic E-state index is 12.7. The first-order chi connectivity index (χ1) is 15.9. The molecule has 1 saturated heterocycles. The molecule has 1 atom stereocenters. The van der Waals surface area contributed by atoms with Gasteiger partial charge in [-0.2, -0.15) is 0 Å². The predicted octanol–water partition coefficient (Wildman–Crippen LogP) is 2.41. The van der Waals surface area contributed by atoms with Gasteiger partial charge >= 0.3 is 0 Å². The zero-order chi connectivity index (χ0) is 23.8. The van der Waals surface area contributed by atoms with Gasteiger partial charge in [0.05, 0.1) is 13.1 Å². The molecule has 0 saturated carbocycles. The van der Waals surface area contributed by atoms with Gasteiger partial charge in [0.25, 0.3) is 5.91 Å². The number of unbranched alkanes of at least 4 members (excludes halogenated alkanes) is 1. The Kier molecular flexibility index (Phi) is 8.59. The highest BCUT2D eigenvalue weighted by Gasteiger charge is 2.33. The van der Waals surface area contributed by atoms with Crippen molar-refractivity contribution < 1.29 is 14.4 Å². The summed E-state index contributed by atoms with van der Waals surface area (Å²) in [4.78, 5) is 40.3. The largest absolute Gasteiger partial charge is 0.384 e. The van der Waals surface area contributed by atoms with Crippen LogP contribution in [-0.4, -0.2) is 47.6 Å². The second-order valence-electron chi connectivity index (χ2n) is 8.16. The molecule has 8 nitrogen and oxygen atoms in total. The number of rotatable bonds is 10. The van der Waals surface area contributed by atoms with Crippen molar-refractivity contribution in [1.82, 2.24) is 15.5 Å². The van der Waals surface area contributed by atoms with Gasteiger partial charge in [0, 0.05) is 27.9 Å². The van der Waals surface area contributed by atoms with E-state index in [0.29, 0.717) is 30.6 Å². The number of nitrogens with zero attached hydrogens (tertiary/aromatic N) is 1. The minimum Gasteiger partial charge on any atom is -0.384 e. The average molecular weight is 470 g/mol. The van der Waals surface area contributed by atoms with E-state index in [1.165, 1.54) is 16.9 Å². The number of nitrogen functional groups attached to an aromatic ring is 1. The third kappa shape index (κ3) is 6.64. The molecule has 0 unspecified atom stereocenters. The van der Waals surface area contributed by atoms with Crippen LogP contribution in [0.5, 0.6) is 0 Å². The summed E-state index contributed by atoms with van der Waals surface area (Å²) < 4.78 is 0. The van der Waals surface area contributed by atoms with Gasteiger partial charge in [-0.05, 0) is 49.4 Å². The predicted molar refractivity (Wildman–Crippen MR) is 129 cm³/mol. The molecule has 1 aromatic carbocycles. The van der Waals surface area contributed by atoms with Crippen molar-refractivity contribution >= 4 is 34.9 Å².